The maximum absolute atomic E-state index is 11.6. The Hall–Kier alpha value is -0.610. The zero-order valence-corrected chi connectivity index (χ0v) is 9.62. The summed E-state index contributed by atoms with van der Waals surface area (Å²) < 4.78 is 0. The largest absolute Gasteiger partial charge is 0.396 e. The molecule has 0 aromatic carbocycles. The van der Waals surface area contributed by atoms with Gasteiger partial charge in [-0.3, -0.25) is 4.79 Å². The number of carbonyl (C=O) groups is 1. The fourth-order valence-electron chi connectivity index (χ4n) is 1.76. The standard InChI is InChI=1S/C11H22N2O2/c1-8(7-14)9(2)13-11(15)5-10-3-4-12-6-10/h8-10,12,14H,3-7H2,1-2H3,(H,13,15). The van der Waals surface area contributed by atoms with Gasteiger partial charge in [0.2, 0.25) is 5.91 Å². The van der Waals surface area contributed by atoms with E-state index < -0.39 is 0 Å². The lowest BCUT2D eigenvalue weighted by molar-refractivity contribution is -0.122. The average Bonchev–Trinajstić information content (AvgIpc) is 2.68. The normalized spacial score (nSPS) is 24.9. The Bertz CT molecular complexity index is 203. The molecule has 0 aliphatic carbocycles. The summed E-state index contributed by atoms with van der Waals surface area (Å²) in [5.41, 5.74) is 0. The van der Waals surface area contributed by atoms with Gasteiger partial charge in [0.15, 0.2) is 0 Å². The first-order valence-electron chi connectivity index (χ1n) is 5.74. The Labute approximate surface area is 91.4 Å². The fraction of sp³-hybridized carbons (Fsp3) is 0.909. The second-order valence-corrected chi connectivity index (χ2v) is 4.58. The van der Waals surface area contributed by atoms with Gasteiger partial charge in [-0.2, -0.15) is 0 Å². The number of amides is 1. The van der Waals surface area contributed by atoms with Crippen LogP contribution in [-0.2, 0) is 4.79 Å². The summed E-state index contributed by atoms with van der Waals surface area (Å²) in [6.07, 6.45) is 1.70. The van der Waals surface area contributed by atoms with E-state index in [1.54, 1.807) is 0 Å². The first kappa shape index (κ1) is 12.5. The van der Waals surface area contributed by atoms with Crippen molar-refractivity contribution in [3.63, 3.8) is 0 Å². The number of carbonyl (C=O) groups excluding carboxylic acids is 1. The van der Waals surface area contributed by atoms with E-state index in [9.17, 15) is 4.79 Å². The molecule has 4 nitrogen and oxygen atoms in total. The zero-order chi connectivity index (χ0) is 11.3. The van der Waals surface area contributed by atoms with Crippen LogP contribution < -0.4 is 10.6 Å². The molecule has 1 aliphatic rings. The van der Waals surface area contributed by atoms with Gasteiger partial charge in [-0.1, -0.05) is 6.92 Å². The summed E-state index contributed by atoms with van der Waals surface area (Å²) >= 11 is 0. The van der Waals surface area contributed by atoms with E-state index in [0.29, 0.717) is 12.3 Å². The molecule has 88 valence electrons. The van der Waals surface area contributed by atoms with Gasteiger partial charge in [-0.05, 0) is 38.3 Å². The summed E-state index contributed by atoms with van der Waals surface area (Å²) in [6.45, 7) is 5.97. The molecule has 1 amide bonds. The molecule has 0 radical (unpaired) electrons. The Morgan fingerprint density at radius 2 is 2.33 bits per heavy atom. The molecule has 1 heterocycles. The van der Waals surface area contributed by atoms with Crippen LogP contribution in [0.2, 0.25) is 0 Å². The highest BCUT2D eigenvalue weighted by Crippen LogP contribution is 2.12. The molecule has 15 heavy (non-hydrogen) atoms. The van der Waals surface area contributed by atoms with Crippen LogP contribution in [0.15, 0.2) is 0 Å². The third-order valence-corrected chi connectivity index (χ3v) is 3.17. The van der Waals surface area contributed by atoms with E-state index >= 15 is 0 Å². The monoisotopic (exact) mass is 214 g/mol. The second-order valence-electron chi connectivity index (χ2n) is 4.58. The fourth-order valence-corrected chi connectivity index (χ4v) is 1.76. The predicted molar refractivity (Wildman–Crippen MR) is 59.4 cm³/mol. The maximum atomic E-state index is 11.6. The minimum absolute atomic E-state index is 0.0527. The van der Waals surface area contributed by atoms with Crippen LogP contribution in [0, 0.1) is 11.8 Å². The minimum Gasteiger partial charge on any atom is -0.396 e. The Balaban J connectivity index is 2.22. The van der Waals surface area contributed by atoms with E-state index in [1.807, 2.05) is 13.8 Å². The second kappa shape index (κ2) is 6.08. The van der Waals surface area contributed by atoms with Crippen LogP contribution in [0.4, 0.5) is 0 Å². The van der Waals surface area contributed by atoms with E-state index in [2.05, 4.69) is 10.6 Å². The number of hydrogen-bond donors (Lipinski definition) is 3. The summed E-state index contributed by atoms with van der Waals surface area (Å²) in [5, 5.41) is 15.1. The lowest BCUT2D eigenvalue weighted by Crippen LogP contribution is -2.39. The summed E-state index contributed by atoms with van der Waals surface area (Å²) in [4.78, 5) is 11.6. The van der Waals surface area contributed by atoms with Gasteiger partial charge < -0.3 is 15.7 Å². The van der Waals surface area contributed by atoms with Crippen LogP contribution in [0.1, 0.15) is 26.7 Å². The lowest BCUT2D eigenvalue weighted by Gasteiger charge is -2.20. The highest BCUT2D eigenvalue weighted by Gasteiger charge is 2.20. The van der Waals surface area contributed by atoms with Gasteiger partial charge in [0.05, 0.1) is 0 Å². The summed E-state index contributed by atoms with van der Waals surface area (Å²) in [7, 11) is 0. The van der Waals surface area contributed by atoms with Gasteiger partial charge >= 0.3 is 0 Å². The van der Waals surface area contributed by atoms with Crippen LogP contribution in [-0.4, -0.2) is 36.8 Å². The summed E-state index contributed by atoms with van der Waals surface area (Å²) in [5.74, 6) is 0.716. The van der Waals surface area contributed by atoms with E-state index in [-0.39, 0.29) is 24.5 Å². The smallest absolute Gasteiger partial charge is 0.220 e. The molecular weight excluding hydrogens is 192 g/mol. The van der Waals surface area contributed by atoms with Crippen molar-refractivity contribution in [3.05, 3.63) is 0 Å². The molecule has 3 N–H and O–H groups in total. The van der Waals surface area contributed by atoms with E-state index in [4.69, 9.17) is 5.11 Å². The molecule has 0 aromatic heterocycles. The first-order chi connectivity index (χ1) is 7.13. The Morgan fingerprint density at radius 3 is 2.87 bits per heavy atom. The molecule has 1 fully saturated rings. The summed E-state index contributed by atoms with van der Waals surface area (Å²) in [6, 6.07) is 0.0527. The minimum atomic E-state index is 0.0527. The van der Waals surface area contributed by atoms with Crippen molar-refractivity contribution in [2.75, 3.05) is 19.7 Å². The number of aliphatic hydroxyl groups excluding tert-OH is 1. The van der Waals surface area contributed by atoms with Gasteiger partial charge in [0.25, 0.3) is 0 Å². The van der Waals surface area contributed by atoms with Crippen LogP contribution in [0.25, 0.3) is 0 Å². The van der Waals surface area contributed by atoms with E-state index in [1.165, 1.54) is 0 Å². The highest BCUT2D eigenvalue weighted by atomic mass is 16.3. The molecule has 0 saturated carbocycles. The molecule has 4 heteroatoms. The van der Waals surface area contributed by atoms with Crippen molar-refractivity contribution in [1.29, 1.82) is 0 Å². The number of rotatable bonds is 5. The van der Waals surface area contributed by atoms with Crippen molar-refractivity contribution in [2.24, 2.45) is 11.8 Å². The molecule has 0 bridgehead atoms. The molecular formula is C11H22N2O2. The van der Waals surface area contributed by atoms with Gasteiger partial charge in [-0.25, -0.2) is 0 Å². The quantitative estimate of drug-likeness (QED) is 0.609. The predicted octanol–water partition coefficient (Wildman–Crippen LogP) is 0.119. The third kappa shape index (κ3) is 4.18. The molecule has 1 aliphatic heterocycles. The van der Waals surface area contributed by atoms with E-state index in [0.717, 1.165) is 19.5 Å². The lowest BCUT2D eigenvalue weighted by atomic mass is 10.0. The van der Waals surface area contributed by atoms with Crippen molar-refractivity contribution >= 4 is 5.91 Å². The van der Waals surface area contributed by atoms with Crippen LogP contribution in [0.5, 0.6) is 0 Å². The molecule has 0 aromatic rings. The van der Waals surface area contributed by atoms with Crippen molar-refractivity contribution in [3.8, 4) is 0 Å². The van der Waals surface area contributed by atoms with Crippen molar-refractivity contribution < 1.29 is 9.90 Å². The number of nitrogens with one attached hydrogen (secondary N) is 2. The highest BCUT2D eigenvalue weighted by molar-refractivity contribution is 5.76. The van der Waals surface area contributed by atoms with Crippen molar-refractivity contribution in [1.82, 2.24) is 10.6 Å². The molecule has 3 atom stereocenters. The molecule has 1 rings (SSSR count). The number of hydrogen-bond acceptors (Lipinski definition) is 3. The maximum Gasteiger partial charge on any atom is 0.220 e. The Kier molecular flexibility index (Phi) is 5.05. The zero-order valence-electron chi connectivity index (χ0n) is 9.62. The van der Waals surface area contributed by atoms with Crippen molar-refractivity contribution in [2.45, 2.75) is 32.7 Å². The number of aliphatic hydroxyl groups is 1. The SMILES string of the molecule is CC(CO)C(C)NC(=O)CC1CCNC1. The average molecular weight is 214 g/mol. The Morgan fingerprint density at radius 1 is 1.60 bits per heavy atom. The molecule has 3 unspecified atom stereocenters. The van der Waals surface area contributed by atoms with Crippen LogP contribution >= 0.6 is 0 Å². The van der Waals surface area contributed by atoms with Gasteiger partial charge in [0.1, 0.15) is 0 Å². The third-order valence-electron chi connectivity index (χ3n) is 3.17. The van der Waals surface area contributed by atoms with Gasteiger partial charge in [-0.15, -0.1) is 0 Å². The molecule has 1 saturated heterocycles. The molecule has 0 spiro atoms. The topological polar surface area (TPSA) is 61.4 Å². The van der Waals surface area contributed by atoms with Gasteiger partial charge in [0, 0.05) is 19.1 Å². The van der Waals surface area contributed by atoms with Crippen LogP contribution in [0.3, 0.4) is 0 Å². The first-order valence-corrected chi connectivity index (χ1v) is 5.74.